The summed E-state index contributed by atoms with van der Waals surface area (Å²) in [6.45, 7) is 2.85. The first-order chi connectivity index (χ1) is 11.9. The quantitative estimate of drug-likeness (QED) is 0.785. The van der Waals surface area contributed by atoms with E-state index in [0.717, 1.165) is 37.5 Å². The van der Waals surface area contributed by atoms with Crippen LogP contribution in [0.25, 0.3) is 11.3 Å². The topological polar surface area (TPSA) is 54.0 Å². The summed E-state index contributed by atoms with van der Waals surface area (Å²) < 4.78 is 6.03. The SMILES string of the molecule is c1ccc(-c2[nH]ncc2CN2CC[C@H](Oc3ccncc3)C2)cc1. The van der Waals surface area contributed by atoms with Crippen molar-refractivity contribution in [3.63, 3.8) is 0 Å². The number of aromatic amines is 1. The molecule has 122 valence electrons. The van der Waals surface area contributed by atoms with Crippen LogP contribution in [-0.4, -0.2) is 39.3 Å². The van der Waals surface area contributed by atoms with Gasteiger partial charge in [0.25, 0.3) is 0 Å². The maximum absolute atomic E-state index is 6.03. The van der Waals surface area contributed by atoms with Crippen molar-refractivity contribution < 1.29 is 4.74 Å². The number of rotatable bonds is 5. The van der Waals surface area contributed by atoms with Crippen molar-refractivity contribution in [2.24, 2.45) is 0 Å². The first-order valence-corrected chi connectivity index (χ1v) is 8.25. The minimum absolute atomic E-state index is 0.236. The monoisotopic (exact) mass is 320 g/mol. The Hall–Kier alpha value is -2.66. The molecule has 0 amide bonds. The van der Waals surface area contributed by atoms with Crippen LogP contribution in [0.3, 0.4) is 0 Å². The summed E-state index contributed by atoms with van der Waals surface area (Å²) in [4.78, 5) is 6.44. The smallest absolute Gasteiger partial charge is 0.122 e. The zero-order valence-electron chi connectivity index (χ0n) is 13.4. The molecular formula is C19H20N4O. The van der Waals surface area contributed by atoms with Crippen LogP contribution in [0.2, 0.25) is 0 Å². The molecule has 3 aromatic rings. The van der Waals surface area contributed by atoms with Crippen LogP contribution in [0.4, 0.5) is 0 Å². The second kappa shape index (κ2) is 6.84. The van der Waals surface area contributed by atoms with E-state index in [1.807, 2.05) is 36.5 Å². The first kappa shape index (κ1) is 14.9. The van der Waals surface area contributed by atoms with Gasteiger partial charge in [0.1, 0.15) is 11.9 Å². The summed E-state index contributed by atoms with van der Waals surface area (Å²) in [5.41, 5.74) is 3.51. The Bertz CT molecular complexity index is 772. The highest BCUT2D eigenvalue weighted by atomic mass is 16.5. The van der Waals surface area contributed by atoms with Crippen LogP contribution in [0.15, 0.2) is 61.1 Å². The molecule has 1 saturated heterocycles. The normalized spacial score (nSPS) is 17.9. The maximum Gasteiger partial charge on any atom is 0.122 e. The molecule has 1 atom stereocenters. The third kappa shape index (κ3) is 3.31. The fourth-order valence-corrected chi connectivity index (χ4v) is 3.17. The molecule has 0 spiro atoms. The van der Waals surface area contributed by atoms with Gasteiger partial charge < -0.3 is 4.74 Å². The number of pyridine rings is 1. The van der Waals surface area contributed by atoms with Crippen molar-refractivity contribution in [2.45, 2.75) is 19.1 Å². The Kier molecular flexibility index (Phi) is 4.25. The number of aromatic nitrogens is 3. The highest BCUT2D eigenvalue weighted by Gasteiger charge is 2.25. The Balaban J connectivity index is 1.40. The molecule has 5 heteroatoms. The van der Waals surface area contributed by atoms with E-state index >= 15 is 0 Å². The molecule has 2 aromatic heterocycles. The molecule has 24 heavy (non-hydrogen) atoms. The molecule has 1 aromatic carbocycles. The predicted molar refractivity (Wildman–Crippen MR) is 92.6 cm³/mol. The van der Waals surface area contributed by atoms with Gasteiger partial charge in [-0.25, -0.2) is 0 Å². The molecule has 0 unspecified atom stereocenters. The second-order valence-electron chi connectivity index (χ2n) is 6.08. The Morgan fingerprint density at radius 3 is 2.79 bits per heavy atom. The summed E-state index contributed by atoms with van der Waals surface area (Å²) in [5.74, 6) is 0.894. The Morgan fingerprint density at radius 2 is 1.96 bits per heavy atom. The van der Waals surface area contributed by atoms with Crippen LogP contribution >= 0.6 is 0 Å². The number of hydrogen-bond acceptors (Lipinski definition) is 4. The molecule has 1 N–H and O–H groups in total. The molecule has 4 rings (SSSR count). The average molecular weight is 320 g/mol. The molecule has 0 bridgehead atoms. The van der Waals surface area contributed by atoms with E-state index in [9.17, 15) is 0 Å². The molecule has 1 fully saturated rings. The van der Waals surface area contributed by atoms with Gasteiger partial charge in [0, 0.05) is 37.6 Å². The molecule has 1 aliphatic heterocycles. The van der Waals surface area contributed by atoms with Crippen molar-refractivity contribution in [3.8, 4) is 17.0 Å². The fourth-order valence-electron chi connectivity index (χ4n) is 3.17. The van der Waals surface area contributed by atoms with E-state index < -0.39 is 0 Å². The lowest BCUT2D eigenvalue weighted by Gasteiger charge is -2.17. The summed E-state index contributed by atoms with van der Waals surface area (Å²) in [5, 5.41) is 7.37. The fraction of sp³-hybridized carbons (Fsp3) is 0.263. The van der Waals surface area contributed by atoms with Crippen LogP contribution in [0.1, 0.15) is 12.0 Å². The number of hydrogen-bond donors (Lipinski definition) is 1. The van der Waals surface area contributed by atoms with Gasteiger partial charge in [0.05, 0.1) is 11.9 Å². The highest BCUT2D eigenvalue weighted by Crippen LogP contribution is 2.24. The van der Waals surface area contributed by atoms with Gasteiger partial charge >= 0.3 is 0 Å². The number of benzene rings is 1. The summed E-state index contributed by atoms with van der Waals surface area (Å²) in [7, 11) is 0. The van der Waals surface area contributed by atoms with E-state index in [-0.39, 0.29) is 6.10 Å². The zero-order chi connectivity index (χ0) is 16.2. The van der Waals surface area contributed by atoms with E-state index in [0.29, 0.717) is 0 Å². The van der Waals surface area contributed by atoms with E-state index in [1.165, 1.54) is 11.1 Å². The van der Waals surface area contributed by atoms with Crippen molar-refractivity contribution in [1.29, 1.82) is 0 Å². The van der Waals surface area contributed by atoms with Crippen LogP contribution in [0.5, 0.6) is 5.75 Å². The van der Waals surface area contributed by atoms with Gasteiger partial charge in [0.15, 0.2) is 0 Å². The molecule has 0 aliphatic carbocycles. The second-order valence-corrected chi connectivity index (χ2v) is 6.08. The van der Waals surface area contributed by atoms with Gasteiger partial charge in [-0.3, -0.25) is 15.0 Å². The van der Waals surface area contributed by atoms with Gasteiger partial charge in [-0.05, 0) is 24.1 Å². The van der Waals surface area contributed by atoms with E-state index in [1.54, 1.807) is 12.4 Å². The third-order valence-electron chi connectivity index (χ3n) is 4.36. The van der Waals surface area contributed by atoms with Crippen LogP contribution in [0, 0.1) is 0 Å². The predicted octanol–water partition coefficient (Wildman–Crippen LogP) is 3.13. The molecule has 1 aliphatic rings. The average Bonchev–Trinajstić information content (AvgIpc) is 3.27. The number of ether oxygens (including phenoxy) is 1. The van der Waals surface area contributed by atoms with Crippen molar-refractivity contribution in [1.82, 2.24) is 20.1 Å². The molecule has 3 heterocycles. The Morgan fingerprint density at radius 1 is 1.12 bits per heavy atom. The maximum atomic E-state index is 6.03. The number of likely N-dealkylation sites (tertiary alicyclic amines) is 1. The number of nitrogens with one attached hydrogen (secondary N) is 1. The van der Waals surface area contributed by atoms with Crippen molar-refractivity contribution in [2.75, 3.05) is 13.1 Å². The van der Waals surface area contributed by atoms with Crippen molar-refractivity contribution >= 4 is 0 Å². The standard InChI is InChI=1S/C19H20N4O/c1-2-4-15(5-3-1)19-16(12-21-22-19)13-23-11-8-18(14-23)24-17-6-9-20-10-7-17/h1-7,9-10,12,18H,8,11,13-14H2,(H,21,22)/t18-/m0/s1. The van der Waals surface area contributed by atoms with Gasteiger partial charge in [-0.15, -0.1) is 0 Å². The summed E-state index contributed by atoms with van der Waals surface area (Å²) >= 11 is 0. The van der Waals surface area contributed by atoms with Crippen molar-refractivity contribution in [3.05, 3.63) is 66.6 Å². The lowest BCUT2D eigenvalue weighted by Crippen LogP contribution is -2.24. The van der Waals surface area contributed by atoms with Crippen LogP contribution < -0.4 is 4.74 Å². The lowest BCUT2D eigenvalue weighted by molar-refractivity contribution is 0.198. The highest BCUT2D eigenvalue weighted by molar-refractivity contribution is 5.62. The van der Waals surface area contributed by atoms with Crippen LogP contribution in [-0.2, 0) is 6.54 Å². The number of nitrogens with zero attached hydrogens (tertiary/aromatic N) is 3. The molecule has 0 radical (unpaired) electrons. The summed E-state index contributed by atoms with van der Waals surface area (Å²) in [6.07, 6.45) is 6.74. The Labute approximate surface area is 141 Å². The largest absolute Gasteiger partial charge is 0.489 e. The summed E-state index contributed by atoms with van der Waals surface area (Å²) in [6, 6.07) is 14.2. The first-order valence-electron chi connectivity index (χ1n) is 8.25. The molecule has 0 saturated carbocycles. The number of H-pyrrole nitrogens is 1. The van der Waals surface area contributed by atoms with Gasteiger partial charge in [-0.1, -0.05) is 30.3 Å². The molecule has 5 nitrogen and oxygen atoms in total. The van der Waals surface area contributed by atoms with E-state index in [4.69, 9.17) is 4.74 Å². The zero-order valence-corrected chi connectivity index (χ0v) is 13.4. The third-order valence-corrected chi connectivity index (χ3v) is 4.36. The lowest BCUT2D eigenvalue weighted by atomic mass is 10.1. The van der Waals surface area contributed by atoms with E-state index in [2.05, 4.69) is 32.2 Å². The minimum atomic E-state index is 0.236. The van der Waals surface area contributed by atoms with Gasteiger partial charge in [-0.2, -0.15) is 5.10 Å². The van der Waals surface area contributed by atoms with Gasteiger partial charge in [0.2, 0.25) is 0 Å². The minimum Gasteiger partial charge on any atom is -0.489 e. The molecular weight excluding hydrogens is 300 g/mol.